The summed E-state index contributed by atoms with van der Waals surface area (Å²) >= 11 is 6.38. The minimum Gasteiger partial charge on any atom is -0.478 e. The molecule has 31 heavy (non-hydrogen) atoms. The van der Waals surface area contributed by atoms with E-state index in [0.29, 0.717) is 22.1 Å². The molecule has 0 radical (unpaired) electrons. The minimum absolute atomic E-state index is 0.118. The van der Waals surface area contributed by atoms with Gasteiger partial charge in [0.25, 0.3) is 0 Å². The number of halogens is 1. The minimum atomic E-state index is -0.901. The van der Waals surface area contributed by atoms with Crippen molar-refractivity contribution in [2.24, 2.45) is 16.4 Å². The molecular weight excluding hydrogens is 410 g/mol. The third-order valence-electron chi connectivity index (χ3n) is 7.37. The van der Waals surface area contributed by atoms with Gasteiger partial charge in [-0.2, -0.15) is 10.4 Å². The van der Waals surface area contributed by atoms with Gasteiger partial charge in [-0.25, -0.2) is 4.79 Å². The number of anilines is 1. The zero-order valence-electron chi connectivity index (χ0n) is 17.4. The van der Waals surface area contributed by atoms with E-state index in [1.54, 1.807) is 18.2 Å². The van der Waals surface area contributed by atoms with Crippen LogP contribution in [0, 0.1) is 22.7 Å². The van der Waals surface area contributed by atoms with E-state index in [9.17, 15) is 15.2 Å². The molecule has 1 heterocycles. The van der Waals surface area contributed by atoms with Gasteiger partial charge in [-0.3, -0.25) is 5.01 Å². The Bertz CT molecular complexity index is 1150. The van der Waals surface area contributed by atoms with Crippen LogP contribution in [-0.2, 0) is 6.42 Å². The van der Waals surface area contributed by atoms with E-state index in [0.717, 1.165) is 35.4 Å². The average Bonchev–Trinajstić information content (AvgIpc) is 3.38. The molecule has 1 saturated carbocycles. The number of nitrogens with zero attached hydrogens (tertiary/aromatic N) is 3. The molecule has 0 unspecified atom stereocenters. The maximum Gasteiger partial charge on any atom is 0.335 e. The van der Waals surface area contributed by atoms with Crippen LogP contribution in [0.2, 0.25) is 5.02 Å². The lowest BCUT2D eigenvalue weighted by Crippen LogP contribution is -2.48. The van der Waals surface area contributed by atoms with Gasteiger partial charge in [0.15, 0.2) is 0 Å². The van der Waals surface area contributed by atoms with Gasteiger partial charge in [0.2, 0.25) is 0 Å². The number of carbonyl (C=O) groups is 1. The molecule has 2 aromatic rings. The van der Waals surface area contributed by atoms with Crippen LogP contribution in [0.3, 0.4) is 0 Å². The molecule has 1 aliphatic heterocycles. The van der Waals surface area contributed by atoms with Crippen LogP contribution in [0.15, 0.2) is 41.5 Å². The molecule has 3 aliphatic rings. The van der Waals surface area contributed by atoms with Gasteiger partial charge in [-0.15, -0.1) is 0 Å². The SMILES string of the molecule is C[C@]12CCc3cc(C(=O)O)ccc3C1=NN(c1ccc(C#N)c(Cl)c1)[C@H]2C1CCCC1. The molecule has 0 bridgehead atoms. The van der Waals surface area contributed by atoms with Crippen LogP contribution in [0.25, 0.3) is 0 Å². The van der Waals surface area contributed by atoms with Gasteiger partial charge in [0.1, 0.15) is 6.07 Å². The number of carboxylic acids is 1. The van der Waals surface area contributed by atoms with Crippen molar-refractivity contribution in [2.75, 3.05) is 5.01 Å². The molecule has 2 aliphatic carbocycles. The van der Waals surface area contributed by atoms with Crippen molar-refractivity contribution in [3.05, 3.63) is 63.7 Å². The van der Waals surface area contributed by atoms with Gasteiger partial charge in [-0.05, 0) is 67.5 Å². The monoisotopic (exact) mass is 433 g/mol. The van der Waals surface area contributed by atoms with Crippen LogP contribution in [0.5, 0.6) is 0 Å². The molecule has 2 aromatic carbocycles. The van der Waals surface area contributed by atoms with Crippen molar-refractivity contribution in [2.45, 2.75) is 51.5 Å². The second kappa shape index (κ2) is 7.39. The van der Waals surface area contributed by atoms with Gasteiger partial charge in [0.05, 0.1) is 33.6 Å². The van der Waals surface area contributed by atoms with Crippen molar-refractivity contribution < 1.29 is 9.90 Å². The number of aromatic carboxylic acids is 1. The molecule has 5 nitrogen and oxygen atoms in total. The van der Waals surface area contributed by atoms with Crippen molar-refractivity contribution in [3.8, 4) is 6.07 Å². The Labute approximate surface area is 186 Å². The molecule has 1 fully saturated rings. The molecule has 2 atom stereocenters. The number of hydrogen-bond acceptors (Lipinski definition) is 4. The number of carboxylic acid groups (broad SMARTS) is 1. The molecule has 0 saturated heterocycles. The Kier molecular flexibility index (Phi) is 4.79. The molecule has 6 heteroatoms. The number of aryl methyl sites for hydroxylation is 1. The average molecular weight is 434 g/mol. The molecule has 0 amide bonds. The fraction of sp³-hybridized carbons (Fsp3) is 0.400. The van der Waals surface area contributed by atoms with Crippen molar-refractivity contribution >= 4 is 29.0 Å². The normalized spacial score (nSPS) is 25.0. The number of benzene rings is 2. The van der Waals surface area contributed by atoms with Crippen LogP contribution in [0.4, 0.5) is 5.69 Å². The maximum absolute atomic E-state index is 11.5. The molecule has 1 N–H and O–H groups in total. The molecule has 5 rings (SSSR count). The largest absolute Gasteiger partial charge is 0.478 e. The van der Waals surface area contributed by atoms with E-state index in [2.05, 4.69) is 18.0 Å². The van der Waals surface area contributed by atoms with Crippen LogP contribution >= 0.6 is 11.6 Å². The van der Waals surface area contributed by atoms with Gasteiger partial charge in [0, 0.05) is 11.0 Å². The predicted octanol–water partition coefficient (Wildman–Crippen LogP) is 5.65. The first-order valence-corrected chi connectivity index (χ1v) is 11.2. The number of hydrogen-bond donors (Lipinski definition) is 1. The van der Waals surface area contributed by atoms with Crippen LogP contribution in [-0.4, -0.2) is 22.8 Å². The van der Waals surface area contributed by atoms with Gasteiger partial charge in [-0.1, -0.05) is 37.4 Å². The van der Waals surface area contributed by atoms with Crippen LogP contribution in [0.1, 0.15) is 66.1 Å². The highest BCUT2D eigenvalue weighted by Crippen LogP contribution is 2.51. The summed E-state index contributed by atoms with van der Waals surface area (Å²) in [6, 6.07) is 13.3. The second-order valence-corrected chi connectivity index (χ2v) is 9.56. The third kappa shape index (κ3) is 3.13. The lowest BCUT2D eigenvalue weighted by Gasteiger charge is -2.42. The van der Waals surface area contributed by atoms with E-state index < -0.39 is 5.97 Å². The second-order valence-electron chi connectivity index (χ2n) is 9.15. The summed E-state index contributed by atoms with van der Waals surface area (Å²) in [5, 5.41) is 26.4. The summed E-state index contributed by atoms with van der Waals surface area (Å²) in [5.74, 6) is -0.359. The zero-order chi connectivity index (χ0) is 21.8. The summed E-state index contributed by atoms with van der Waals surface area (Å²) in [7, 11) is 0. The van der Waals surface area contributed by atoms with Gasteiger partial charge >= 0.3 is 5.97 Å². The quantitative estimate of drug-likeness (QED) is 0.678. The first kappa shape index (κ1) is 20.1. The first-order chi connectivity index (χ1) is 14.9. The summed E-state index contributed by atoms with van der Waals surface area (Å²) in [4.78, 5) is 11.5. The number of nitriles is 1. The van der Waals surface area contributed by atoms with Crippen LogP contribution < -0.4 is 5.01 Å². The Morgan fingerprint density at radius 2 is 2.03 bits per heavy atom. The smallest absolute Gasteiger partial charge is 0.335 e. The van der Waals surface area contributed by atoms with E-state index in [-0.39, 0.29) is 11.5 Å². The Hall–Kier alpha value is -2.84. The standard InChI is InChI=1S/C25H24ClN3O2/c1-25-11-10-16-12-17(24(30)31)7-9-20(16)22(25)28-29(23(25)15-4-2-3-5-15)19-8-6-18(14-27)21(26)13-19/h6-9,12-13,15,23H,2-5,10-11H2,1H3,(H,30,31)/t23-,25-/m0/s1. The molecule has 158 valence electrons. The lowest BCUT2D eigenvalue weighted by molar-refractivity contribution is 0.0696. The lowest BCUT2D eigenvalue weighted by atomic mass is 9.64. The van der Waals surface area contributed by atoms with Gasteiger partial charge < -0.3 is 5.11 Å². The summed E-state index contributed by atoms with van der Waals surface area (Å²) < 4.78 is 0. The zero-order valence-corrected chi connectivity index (χ0v) is 18.2. The highest BCUT2D eigenvalue weighted by atomic mass is 35.5. The fourth-order valence-electron chi connectivity index (χ4n) is 5.83. The summed E-state index contributed by atoms with van der Waals surface area (Å²) in [5.41, 5.74) is 4.74. The third-order valence-corrected chi connectivity index (χ3v) is 7.68. The summed E-state index contributed by atoms with van der Waals surface area (Å²) in [6.07, 6.45) is 6.64. The Balaban J connectivity index is 1.64. The molecular formula is C25H24ClN3O2. The highest BCUT2D eigenvalue weighted by Gasteiger charge is 2.53. The van der Waals surface area contributed by atoms with E-state index in [1.807, 2.05) is 18.2 Å². The number of fused-ring (bicyclic) bond motifs is 3. The fourth-order valence-corrected chi connectivity index (χ4v) is 6.05. The Morgan fingerprint density at radius 1 is 1.26 bits per heavy atom. The van der Waals surface area contributed by atoms with E-state index >= 15 is 0 Å². The van der Waals surface area contributed by atoms with E-state index in [4.69, 9.17) is 16.7 Å². The number of rotatable bonds is 3. The van der Waals surface area contributed by atoms with E-state index in [1.165, 1.54) is 25.7 Å². The first-order valence-electron chi connectivity index (χ1n) is 10.9. The van der Waals surface area contributed by atoms with Crippen molar-refractivity contribution in [1.29, 1.82) is 5.26 Å². The Morgan fingerprint density at radius 3 is 2.71 bits per heavy atom. The number of hydrazone groups is 1. The topological polar surface area (TPSA) is 76.7 Å². The molecule has 0 spiro atoms. The predicted molar refractivity (Wildman–Crippen MR) is 121 cm³/mol. The summed E-state index contributed by atoms with van der Waals surface area (Å²) in [6.45, 7) is 2.31. The van der Waals surface area contributed by atoms with Crippen molar-refractivity contribution in [3.63, 3.8) is 0 Å². The van der Waals surface area contributed by atoms with Crippen molar-refractivity contribution in [1.82, 2.24) is 0 Å². The molecule has 0 aromatic heterocycles. The highest BCUT2D eigenvalue weighted by molar-refractivity contribution is 6.32. The maximum atomic E-state index is 11.5.